The minimum atomic E-state index is -0.554. The summed E-state index contributed by atoms with van der Waals surface area (Å²) in [6, 6.07) is 5.09. The fourth-order valence-corrected chi connectivity index (χ4v) is 1.38. The van der Waals surface area contributed by atoms with E-state index in [9.17, 15) is 10.1 Å². The first kappa shape index (κ1) is 10.5. The molecular weight excluding hydrogens is 204 g/mol. The monoisotopic (exact) mass is 210 g/mol. The molecule has 0 aliphatic heterocycles. The Kier molecular flexibility index (Phi) is 3.05. The molecule has 0 saturated carbocycles. The van der Waals surface area contributed by atoms with Gasteiger partial charge in [0.2, 0.25) is 0 Å². The average molecular weight is 211 g/mol. The van der Waals surface area contributed by atoms with E-state index >= 15 is 0 Å². The fraction of sp³-hybridized carbons (Fsp3) is 0.222. The highest BCUT2D eigenvalue weighted by Gasteiger charge is 2.19. The predicted molar refractivity (Wildman–Crippen MR) is 52.2 cm³/mol. The lowest BCUT2D eigenvalue weighted by atomic mass is 10.1. The van der Waals surface area contributed by atoms with Crippen molar-refractivity contribution < 1.29 is 4.92 Å². The Hall–Kier alpha value is -1.60. The van der Waals surface area contributed by atoms with Gasteiger partial charge in [-0.05, 0) is 12.5 Å². The van der Waals surface area contributed by atoms with Crippen LogP contribution in [0, 0.1) is 28.4 Å². The molecule has 0 saturated heterocycles. The standard InChI is InChI=1S/C9H7ClN2O2/c1-6-2-3-7(4-5-11)9(8(6)10)12(13)14/h2-3H,4H2,1H3. The maximum Gasteiger partial charge on any atom is 0.292 e. The van der Waals surface area contributed by atoms with Gasteiger partial charge < -0.3 is 0 Å². The van der Waals surface area contributed by atoms with Gasteiger partial charge in [0.25, 0.3) is 5.69 Å². The number of aryl methyl sites for hydroxylation is 1. The maximum atomic E-state index is 10.7. The minimum Gasteiger partial charge on any atom is -0.258 e. The van der Waals surface area contributed by atoms with Crippen molar-refractivity contribution >= 4 is 17.3 Å². The third-order valence-corrected chi connectivity index (χ3v) is 2.32. The second-order valence-corrected chi connectivity index (χ2v) is 3.17. The maximum absolute atomic E-state index is 10.7. The number of nitro groups is 1. The molecule has 0 aliphatic carbocycles. The highest BCUT2D eigenvalue weighted by molar-refractivity contribution is 6.33. The lowest BCUT2D eigenvalue weighted by Crippen LogP contribution is -1.97. The summed E-state index contributed by atoms with van der Waals surface area (Å²) >= 11 is 5.78. The largest absolute Gasteiger partial charge is 0.292 e. The normalized spacial score (nSPS) is 9.50. The molecule has 72 valence electrons. The van der Waals surface area contributed by atoms with E-state index in [0.717, 1.165) is 0 Å². The van der Waals surface area contributed by atoms with Crippen LogP contribution in [0.5, 0.6) is 0 Å². The molecule has 0 N–H and O–H groups in total. The van der Waals surface area contributed by atoms with Gasteiger partial charge >= 0.3 is 0 Å². The number of nitriles is 1. The number of benzene rings is 1. The van der Waals surface area contributed by atoms with E-state index in [4.69, 9.17) is 16.9 Å². The number of rotatable bonds is 2. The van der Waals surface area contributed by atoms with Gasteiger partial charge in [-0.25, -0.2) is 0 Å². The average Bonchev–Trinajstić information content (AvgIpc) is 2.11. The third-order valence-electron chi connectivity index (χ3n) is 1.84. The van der Waals surface area contributed by atoms with Gasteiger partial charge in [-0.15, -0.1) is 0 Å². The van der Waals surface area contributed by atoms with Crippen LogP contribution in [0.2, 0.25) is 5.02 Å². The van der Waals surface area contributed by atoms with Gasteiger partial charge in [0.15, 0.2) is 0 Å². The Bertz CT molecular complexity index is 424. The molecule has 1 aromatic carbocycles. The van der Waals surface area contributed by atoms with Crippen LogP contribution in [0.15, 0.2) is 12.1 Å². The lowest BCUT2D eigenvalue weighted by molar-refractivity contribution is -0.385. The molecule has 0 radical (unpaired) electrons. The van der Waals surface area contributed by atoms with Crippen LogP contribution in [-0.4, -0.2) is 4.92 Å². The highest BCUT2D eigenvalue weighted by Crippen LogP contribution is 2.31. The van der Waals surface area contributed by atoms with Crippen LogP contribution in [0.1, 0.15) is 11.1 Å². The molecular formula is C9H7ClN2O2. The SMILES string of the molecule is Cc1ccc(CC#N)c([N+](=O)[O-])c1Cl. The first-order valence-electron chi connectivity index (χ1n) is 3.87. The van der Waals surface area contributed by atoms with Crippen molar-refractivity contribution in [2.24, 2.45) is 0 Å². The van der Waals surface area contributed by atoms with E-state index in [0.29, 0.717) is 11.1 Å². The van der Waals surface area contributed by atoms with E-state index in [-0.39, 0.29) is 17.1 Å². The fourth-order valence-electron chi connectivity index (χ4n) is 1.13. The molecule has 0 bridgehead atoms. The van der Waals surface area contributed by atoms with Gasteiger partial charge in [0.05, 0.1) is 17.4 Å². The minimum absolute atomic E-state index is 0.00366. The molecule has 0 fully saturated rings. The number of hydrogen-bond acceptors (Lipinski definition) is 3. The second kappa shape index (κ2) is 4.07. The summed E-state index contributed by atoms with van der Waals surface area (Å²) in [4.78, 5) is 10.1. The van der Waals surface area contributed by atoms with Crippen LogP contribution in [0.4, 0.5) is 5.69 Å². The molecule has 0 atom stereocenters. The van der Waals surface area contributed by atoms with E-state index < -0.39 is 4.92 Å². The summed E-state index contributed by atoms with van der Waals surface area (Å²) in [5.41, 5.74) is 0.835. The van der Waals surface area contributed by atoms with Crippen molar-refractivity contribution in [3.63, 3.8) is 0 Å². The van der Waals surface area contributed by atoms with Crippen molar-refractivity contribution in [1.82, 2.24) is 0 Å². The van der Waals surface area contributed by atoms with E-state index in [1.165, 1.54) is 0 Å². The van der Waals surface area contributed by atoms with Gasteiger partial charge in [-0.2, -0.15) is 5.26 Å². The summed E-state index contributed by atoms with van der Waals surface area (Å²) < 4.78 is 0. The Balaban J connectivity index is 3.39. The smallest absolute Gasteiger partial charge is 0.258 e. The van der Waals surface area contributed by atoms with Crippen LogP contribution in [0.3, 0.4) is 0 Å². The van der Waals surface area contributed by atoms with Crippen molar-refractivity contribution in [3.8, 4) is 6.07 Å². The quantitative estimate of drug-likeness (QED) is 0.557. The predicted octanol–water partition coefficient (Wildman–Crippen LogP) is 2.62. The second-order valence-electron chi connectivity index (χ2n) is 2.80. The summed E-state index contributed by atoms with van der Waals surface area (Å²) in [5, 5.41) is 19.3. The first-order chi connectivity index (χ1) is 6.57. The zero-order valence-corrected chi connectivity index (χ0v) is 8.21. The summed E-state index contributed by atoms with van der Waals surface area (Å²) in [5.74, 6) is 0. The molecule has 0 spiro atoms. The molecule has 0 aliphatic rings. The Morgan fingerprint density at radius 1 is 1.64 bits per heavy atom. The topological polar surface area (TPSA) is 66.9 Å². The summed E-state index contributed by atoms with van der Waals surface area (Å²) in [6.07, 6.45) is -0.00366. The van der Waals surface area contributed by atoms with Crippen molar-refractivity contribution in [2.75, 3.05) is 0 Å². The molecule has 0 amide bonds. The van der Waals surface area contributed by atoms with Crippen LogP contribution in [0.25, 0.3) is 0 Å². The van der Waals surface area contributed by atoms with Crippen molar-refractivity contribution in [3.05, 3.63) is 38.4 Å². The molecule has 14 heavy (non-hydrogen) atoms. The van der Waals surface area contributed by atoms with Crippen LogP contribution in [-0.2, 0) is 6.42 Å². The molecule has 0 aromatic heterocycles. The Morgan fingerprint density at radius 3 is 2.79 bits per heavy atom. The number of nitro benzene ring substituents is 1. The van der Waals surface area contributed by atoms with Crippen molar-refractivity contribution in [1.29, 1.82) is 5.26 Å². The van der Waals surface area contributed by atoms with Crippen molar-refractivity contribution in [2.45, 2.75) is 13.3 Å². The molecule has 5 heteroatoms. The van der Waals surface area contributed by atoms with E-state index in [1.807, 2.05) is 6.07 Å². The first-order valence-corrected chi connectivity index (χ1v) is 4.25. The Morgan fingerprint density at radius 2 is 2.29 bits per heavy atom. The molecule has 1 rings (SSSR count). The molecule has 1 aromatic rings. The van der Waals surface area contributed by atoms with E-state index in [2.05, 4.69) is 0 Å². The number of halogens is 1. The van der Waals surface area contributed by atoms with Crippen LogP contribution >= 0.6 is 11.6 Å². The van der Waals surface area contributed by atoms with Gasteiger partial charge in [-0.1, -0.05) is 23.7 Å². The molecule has 0 heterocycles. The highest BCUT2D eigenvalue weighted by atomic mass is 35.5. The zero-order chi connectivity index (χ0) is 10.7. The van der Waals surface area contributed by atoms with Gasteiger partial charge in [0.1, 0.15) is 5.02 Å². The van der Waals surface area contributed by atoms with E-state index in [1.54, 1.807) is 19.1 Å². The van der Waals surface area contributed by atoms with Gasteiger partial charge in [-0.3, -0.25) is 10.1 Å². The van der Waals surface area contributed by atoms with Gasteiger partial charge in [0, 0.05) is 5.56 Å². The Labute approximate surface area is 85.9 Å². The third kappa shape index (κ3) is 1.83. The number of nitrogens with zero attached hydrogens (tertiary/aromatic N) is 2. The molecule has 4 nitrogen and oxygen atoms in total. The lowest BCUT2D eigenvalue weighted by Gasteiger charge is -2.02. The summed E-state index contributed by atoms with van der Waals surface area (Å²) in [7, 11) is 0. The number of hydrogen-bond donors (Lipinski definition) is 0. The zero-order valence-electron chi connectivity index (χ0n) is 7.45. The molecule has 0 unspecified atom stereocenters. The van der Waals surface area contributed by atoms with Crippen LogP contribution < -0.4 is 0 Å². The summed E-state index contributed by atoms with van der Waals surface area (Å²) in [6.45, 7) is 1.69.